The number of nitrogens with zero attached hydrogens (tertiary/aromatic N) is 1. The van der Waals surface area contributed by atoms with Crippen LogP contribution >= 0.6 is 0 Å². The van der Waals surface area contributed by atoms with Crippen molar-refractivity contribution in [1.82, 2.24) is 10.2 Å². The molecule has 1 aromatic rings. The summed E-state index contributed by atoms with van der Waals surface area (Å²) < 4.78 is 43.1. The number of carbonyl (C=O) groups excluding carboxylic acids is 1. The molecule has 22 heavy (non-hydrogen) atoms. The lowest BCUT2D eigenvalue weighted by molar-refractivity contribution is -0.137. The number of urea groups is 1. The molecule has 0 bridgehead atoms. The van der Waals surface area contributed by atoms with E-state index in [2.05, 4.69) is 5.32 Å². The molecular formula is C15H21F3N2O2. The minimum Gasteiger partial charge on any atom is -0.377 e. The smallest absolute Gasteiger partial charge is 0.377 e. The van der Waals surface area contributed by atoms with Crippen molar-refractivity contribution in [3.63, 3.8) is 0 Å². The van der Waals surface area contributed by atoms with E-state index in [1.54, 1.807) is 13.1 Å². The van der Waals surface area contributed by atoms with Gasteiger partial charge in [0.05, 0.1) is 11.7 Å². The van der Waals surface area contributed by atoms with Crippen LogP contribution in [-0.4, -0.2) is 37.2 Å². The Kier molecular flexibility index (Phi) is 6.67. The first-order valence-electron chi connectivity index (χ1n) is 7.00. The molecule has 0 heterocycles. The fraction of sp³-hybridized carbons (Fsp3) is 0.533. The van der Waals surface area contributed by atoms with Crippen LogP contribution in [0, 0.1) is 0 Å². The van der Waals surface area contributed by atoms with Crippen molar-refractivity contribution in [2.24, 2.45) is 0 Å². The Balaban J connectivity index is 2.53. The predicted octanol–water partition coefficient (Wildman–Crippen LogP) is 3.27. The second kappa shape index (κ2) is 8.03. The molecule has 0 aliphatic rings. The van der Waals surface area contributed by atoms with E-state index < -0.39 is 11.7 Å². The molecule has 0 aliphatic heterocycles. The van der Waals surface area contributed by atoms with Gasteiger partial charge in [-0.15, -0.1) is 0 Å². The molecule has 0 saturated heterocycles. The Labute approximate surface area is 128 Å². The van der Waals surface area contributed by atoms with Crippen LogP contribution < -0.4 is 5.32 Å². The third-order valence-corrected chi connectivity index (χ3v) is 3.03. The monoisotopic (exact) mass is 318 g/mol. The summed E-state index contributed by atoms with van der Waals surface area (Å²) in [6.45, 7) is 4.71. The molecule has 0 aromatic heterocycles. The van der Waals surface area contributed by atoms with Crippen LogP contribution in [0.15, 0.2) is 24.3 Å². The van der Waals surface area contributed by atoms with E-state index in [1.807, 2.05) is 13.8 Å². The predicted molar refractivity (Wildman–Crippen MR) is 77.4 cm³/mol. The van der Waals surface area contributed by atoms with E-state index in [9.17, 15) is 18.0 Å². The number of rotatable bonds is 6. The molecule has 0 fully saturated rings. The largest absolute Gasteiger partial charge is 0.416 e. The maximum atomic E-state index is 12.6. The van der Waals surface area contributed by atoms with Crippen LogP contribution in [0.25, 0.3) is 0 Å². The highest BCUT2D eigenvalue weighted by atomic mass is 19.4. The molecule has 1 aromatic carbocycles. The lowest BCUT2D eigenvalue weighted by Gasteiger charge is -2.22. The Hall–Kier alpha value is -1.76. The number of hydrogen-bond donors (Lipinski definition) is 1. The zero-order valence-electron chi connectivity index (χ0n) is 12.9. The van der Waals surface area contributed by atoms with Crippen molar-refractivity contribution in [3.8, 4) is 0 Å². The molecule has 0 saturated carbocycles. The van der Waals surface area contributed by atoms with Crippen molar-refractivity contribution >= 4 is 6.03 Å². The van der Waals surface area contributed by atoms with Gasteiger partial charge in [-0.2, -0.15) is 13.2 Å². The first kappa shape index (κ1) is 18.3. The lowest BCUT2D eigenvalue weighted by atomic mass is 10.1. The van der Waals surface area contributed by atoms with Crippen LogP contribution in [-0.2, 0) is 17.5 Å². The third kappa shape index (κ3) is 5.93. The van der Waals surface area contributed by atoms with Crippen molar-refractivity contribution in [2.45, 2.75) is 32.7 Å². The average molecular weight is 318 g/mol. The molecular weight excluding hydrogens is 297 g/mol. The van der Waals surface area contributed by atoms with Gasteiger partial charge >= 0.3 is 12.2 Å². The van der Waals surface area contributed by atoms with Crippen LogP contribution in [0.5, 0.6) is 0 Å². The summed E-state index contributed by atoms with van der Waals surface area (Å²) >= 11 is 0. The fourth-order valence-electron chi connectivity index (χ4n) is 1.98. The SMILES string of the molecule is CCOC(C)CN(C)C(=O)NCc1cccc(C(F)(F)F)c1. The molecule has 7 heteroatoms. The summed E-state index contributed by atoms with van der Waals surface area (Å²) in [7, 11) is 1.61. The molecule has 124 valence electrons. The first-order valence-corrected chi connectivity index (χ1v) is 7.00. The van der Waals surface area contributed by atoms with Crippen molar-refractivity contribution in [1.29, 1.82) is 0 Å². The van der Waals surface area contributed by atoms with Crippen molar-refractivity contribution in [3.05, 3.63) is 35.4 Å². The summed E-state index contributed by atoms with van der Waals surface area (Å²) in [6, 6.07) is 4.54. The van der Waals surface area contributed by atoms with E-state index in [-0.39, 0.29) is 18.7 Å². The van der Waals surface area contributed by atoms with Crippen molar-refractivity contribution < 1.29 is 22.7 Å². The highest BCUT2D eigenvalue weighted by Gasteiger charge is 2.30. The standard InChI is InChI=1S/C15H21F3N2O2/c1-4-22-11(2)10-20(3)14(21)19-9-12-6-5-7-13(8-12)15(16,17)18/h5-8,11H,4,9-10H2,1-3H3,(H,19,21). The number of hydrogen-bond acceptors (Lipinski definition) is 2. The number of amides is 2. The van der Waals surface area contributed by atoms with Gasteiger partial charge < -0.3 is 15.0 Å². The van der Waals surface area contributed by atoms with Crippen molar-refractivity contribution in [2.75, 3.05) is 20.2 Å². The summed E-state index contributed by atoms with van der Waals surface area (Å²) in [5.41, 5.74) is -0.327. The molecule has 0 radical (unpaired) electrons. The number of likely N-dealkylation sites (N-methyl/N-ethyl adjacent to an activating group) is 1. The van der Waals surface area contributed by atoms with E-state index in [1.165, 1.54) is 11.0 Å². The molecule has 0 spiro atoms. The molecule has 1 rings (SSSR count). The molecule has 1 unspecified atom stereocenters. The zero-order chi connectivity index (χ0) is 16.8. The Morgan fingerprint density at radius 2 is 2.09 bits per heavy atom. The number of benzene rings is 1. The van der Waals surface area contributed by atoms with Gasteiger partial charge in [-0.05, 0) is 31.5 Å². The molecule has 1 N–H and O–H groups in total. The van der Waals surface area contributed by atoms with Crippen LogP contribution in [0.2, 0.25) is 0 Å². The molecule has 4 nitrogen and oxygen atoms in total. The fourth-order valence-corrected chi connectivity index (χ4v) is 1.98. The topological polar surface area (TPSA) is 41.6 Å². The van der Waals surface area contributed by atoms with Gasteiger partial charge in [0.1, 0.15) is 0 Å². The molecule has 0 aliphatic carbocycles. The number of nitrogens with one attached hydrogen (secondary N) is 1. The zero-order valence-corrected chi connectivity index (χ0v) is 12.9. The van der Waals surface area contributed by atoms with Gasteiger partial charge in [-0.3, -0.25) is 0 Å². The van der Waals surface area contributed by atoms with Crippen LogP contribution in [0.4, 0.5) is 18.0 Å². The number of halogens is 3. The van der Waals surface area contributed by atoms with Crippen LogP contribution in [0.1, 0.15) is 25.0 Å². The van der Waals surface area contributed by atoms with Gasteiger partial charge in [-0.1, -0.05) is 12.1 Å². The summed E-state index contributed by atoms with van der Waals surface area (Å²) in [5.74, 6) is 0. The quantitative estimate of drug-likeness (QED) is 0.874. The second-order valence-corrected chi connectivity index (χ2v) is 5.00. The van der Waals surface area contributed by atoms with Gasteiger partial charge in [0.2, 0.25) is 0 Å². The number of ether oxygens (including phenoxy) is 1. The first-order chi connectivity index (χ1) is 10.2. The molecule has 2 amide bonds. The highest BCUT2D eigenvalue weighted by molar-refractivity contribution is 5.73. The van der Waals surface area contributed by atoms with E-state index in [4.69, 9.17) is 4.74 Å². The maximum absolute atomic E-state index is 12.6. The summed E-state index contributed by atoms with van der Waals surface area (Å²) in [5, 5.41) is 2.59. The normalized spacial score (nSPS) is 12.8. The van der Waals surface area contributed by atoms with Gasteiger partial charge in [0.25, 0.3) is 0 Å². The maximum Gasteiger partial charge on any atom is 0.416 e. The Morgan fingerprint density at radius 3 is 2.68 bits per heavy atom. The third-order valence-electron chi connectivity index (χ3n) is 3.03. The number of alkyl halides is 3. The Bertz CT molecular complexity index is 492. The minimum atomic E-state index is -4.39. The van der Waals surface area contributed by atoms with E-state index in [0.717, 1.165) is 12.1 Å². The van der Waals surface area contributed by atoms with Gasteiger partial charge in [0, 0.05) is 26.7 Å². The average Bonchev–Trinajstić information content (AvgIpc) is 2.44. The molecule has 1 atom stereocenters. The van der Waals surface area contributed by atoms with Crippen LogP contribution in [0.3, 0.4) is 0 Å². The minimum absolute atomic E-state index is 0.0378. The lowest BCUT2D eigenvalue weighted by Crippen LogP contribution is -2.41. The van der Waals surface area contributed by atoms with Gasteiger partial charge in [-0.25, -0.2) is 4.79 Å². The second-order valence-electron chi connectivity index (χ2n) is 5.00. The van der Waals surface area contributed by atoms with E-state index in [0.29, 0.717) is 18.7 Å². The summed E-state index contributed by atoms with van der Waals surface area (Å²) in [4.78, 5) is 13.3. The summed E-state index contributed by atoms with van der Waals surface area (Å²) in [6.07, 6.45) is -4.49. The highest BCUT2D eigenvalue weighted by Crippen LogP contribution is 2.29. The van der Waals surface area contributed by atoms with E-state index >= 15 is 0 Å². The van der Waals surface area contributed by atoms with Gasteiger partial charge in [0.15, 0.2) is 0 Å². The number of carbonyl (C=O) groups is 1. The Morgan fingerprint density at radius 1 is 1.41 bits per heavy atom.